The van der Waals surface area contributed by atoms with Gasteiger partial charge in [0.15, 0.2) is 6.29 Å². The van der Waals surface area contributed by atoms with Gasteiger partial charge in [-0.25, -0.2) is 0 Å². The van der Waals surface area contributed by atoms with Crippen LogP contribution in [0.25, 0.3) is 0 Å². The Kier molecular flexibility index (Phi) is 6.86. The van der Waals surface area contributed by atoms with Crippen molar-refractivity contribution in [2.45, 2.75) is 40.0 Å². The van der Waals surface area contributed by atoms with Crippen LogP contribution in [0.3, 0.4) is 0 Å². The minimum atomic E-state index is -0.275. The van der Waals surface area contributed by atoms with Gasteiger partial charge in [-0.1, -0.05) is 6.92 Å². The van der Waals surface area contributed by atoms with Crippen LogP contribution in [0.1, 0.15) is 37.9 Å². The zero-order chi connectivity index (χ0) is 13.4. The molecule has 1 heterocycles. The summed E-state index contributed by atoms with van der Waals surface area (Å²) < 4.78 is 11.4. The van der Waals surface area contributed by atoms with Crippen LogP contribution in [0, 0.1) is 6.92 Å². The zero-order valence-corrected chi connectivity index (χ0v) is 11.8. The first-order valence-corrected chi connectivity index (χ1v) is 6.61. The van der Waals surface area contributed by atoms with Crippen molar-refractivity contribution in [1.82, 2.24) is 10.3 Å². The van der Waals surface area contributed by atoms with E-state index in [1.165, 1.54) is 5.56 Å². The Labute approximate surface area is 110 Å². The third-order valence-electron chi connectivity index (χ3n) is 2.77. The lowest BCUT2D eigenvalue weighted by Gasteiger charge is -2.28. The Bertz CT molecular complexity index is 338. The van der Waals surface area contributed by atoms with Crippen LogP contribution >= 0.6 is 0 Å². The van der Waals surface area contributed by atoms with Crippen LogP contribution in [-0.2, 0) is 9.47 Å². The van der Waals surface area contributed by atoms with Crippen molar-refractivity contribution in [3.8, 4) is 0 Å². The van der Waals surface area contributed by atoms with Crippen molar-refractivity contribution < 1.29 is 9.47 Å². The number of pyridine rings is 1. The van der Waals surface area contributed by atoms with E-state index in [0.717, 1.165) is 12.1 Å². The lowest BCUT2D eigenvalue weighted by Crippen LogP contribution is -2.36. The first-order chi connectivity index (χ1) is 8.74. The topological polar surface area (TPSA) is 43.4 Å². The molecule has 0 fully saturated rings. The van der Waals surface area contributed by atoms with E-state index in [9.17, 15) is 0 Å². The van der Waals surface area contributed by atoms with Gasteiger partial charge < -0.3 is 14.8 Å². The van der Waals surface area contributed by atoms with Crippen molar-refractivity contribution in [1.29, 1.82) is 0 Å². The quantitative estimate of drug-likeness (QED) is 0.722. The SMILES string of the molecule is CCNC(c1cnccc1C)C(OCC)OCC. The van der Waals surface area contributed by atoms with Gasteiger partial charge in [-0.05, 0) is 44.5 Å². The number of likely N-dealkylation sites (N-methyl/N-ethyl adjacent to an activating group) is 1. The van der Waals surface area contributed by atoms with Crippen molar-refractivity contribution in [3.63, 3.8) is 0 Å². The van der Waals surface area contributed by atoms with E-state index in [2.05, 4.69) is 24.1 Å². The normalized spacial score (nSPS) is 12.9. The first kappa shape index (κ1) is 15.1. The second-order valence-electron chi connectivity index (χ2n) is 4.05. The average molecular weight is 252 g/mol. The summed E-state index contributed by atoms with van der Waals surface area (Å²) in [7, 11) is 0. The van der Waals surface area contributed by atoms with E-state index in [-0.39, 0.29) is 12.3 Å². The monoisotopic (exact) mass is 252 g/mol. The van der Waals surface area contributed by atoms with Gasteiger partial charge in [0.2, 0.25) is 0 Å². The van der Waals surface area contributed by atoms with Crippen molar-refractivity contribution in [3.05, 3.63) is 29.6 Å². The van der Waals surface area contributed by atoms with E-state index in [4.69, 9.17) is 9.47 Å². The summed E-state index contributed by atoms with van der Waals surface area (Å²) in [5, 5.41) is 3.42. The summed E-state index contributed by atoms with van der Waals surface area (Å²) in [5.74, 6) is 0. The molecule has 0 aromatic carbocycles. The van der Waals surface area contributed by atoms with E-state index in [1.807, 2.05) is 26.1 Å². The molecule has 1 N–H and O–H groups in total. The fourth-order valence-electron chi connectivity index (χ4n) is 1.94. The maximum atomic E-state index is 5.69. The van der Waals surface area contributed by atoms with Gasteiger partial charge in [-0.3, -0.25) is 4.98 Å². The van der Waals surface area contributed by atoms with Gasteiger partial charge in [-0.2, -0.15) is 0 Å². The molecule has 0 aliphatic rings. The Morgan fingerprint density at radius 3 is 2.39 bits per heavy atom. The molecule has 0 bridgehead atoms. The van der Waals surface area contributed by atoms with Crippen LogP contribution in [0.15, 0.2) is 18.5 Å². The molecule has 1 rings (SSSR count). The number of rotatable bonds is 8. The molecule has 0 aliphatic heterocycles. The Morgan fingerprint density at radius 2 is 1.89 bits per heavy atom. The average Bonchev–Trinajstić information content (AvgIpc) is 2.37. The Hall–Kier alpha value is -0.970. The summed E-state index contributed by atoms with van der Waals surface area (Å²) in [5.41, 5.74) is 2.33. The van der Waals surface area contributed by atoms with Gasteiger partial charge in [0, 0.05) is 25.6 Å². The highest BCUT2D eigenvalue weighted by atomic mass is 16.7. The van der Waals surface area contributed by atoms with Gasteiger partial charge in [-0.15, -0.1) is 0 Å². The molecule has 0 spiro atoms. The number of nitrogens with zero attached hydrogens (tertiary/aromatic N) is 1. The van der Waals surface area contributed by atoms with Gasteiger partial charge in [0.05, 0.1) is 6.04 Å². The third-order valence-corrected chi connectivity index (χ3v) is 2.77. The molecule has 0 radical (unpaired) electrons. The lowest BCUT2D eigenvalue weighted by molar-refractivity contribution is -0.155. The molecule has 0 aliphatic carbocycles. The van der Waals surface area contributed by atoms with Crippen LogP contribution in [0.2, 0.25) is 0 Å². The molecule has 1 aromatic heterocycles. The van der Waals surface area contributed by atoms with E-state index < -0.39 is 0 Å². The van der Waals surface area contributed by atoms with Gasteiger partial charge in [0.1, 0.15) is 0 Å². The van der Waals surface area contributed by atoms with Crippen molar-refractivity contribution in [2.75, 3.05) is 19.8 Å². The largest absolute Gasteiger partial charge is 0.351 e. The first-order valence-electron chi connectivity index (χ1n) is 6.61. The fourth-order valence-corrected chi connectivity index (χ4v) is 1.94. The number of hydrogen-bond donors (Lipinski definition) is 1. The number of aromatic nitrogens is 1. The summed E-state index contributed by atoms with van der Waals surface area (Å²) in [6.45, 7) is 10.2. The van der Waals surface area contributed by atoms with Gasteiger partial charge in [0.25, 0.3) is 0 Å². The summed E-state index contributed by atoms with van der Waals surface area (Å²) in [6, 6.07) is 2.03. The summed E-state index contributed by atoms with van der Waals surface area (Å²) >= 11 is 0. The minimum Gasteiger partial charge on any atom is -0.351 e. The summed E-state index contributed by atoms with van der Waals surface area (Å²) in [4.78, 5) is 4.20. The third kappa shape index (κ3) is 4.05. The molecule has 4 nitrogen and oxygen atoms in total. The number of hydrogen-bond acceptors (Lipinski definition) is 4. The fraction of sp³-hybridized carbons (Fsp3) is 0.643. The predicted octanol–water partition coefficient (Wildman–Crippen LogP) is 2.44. The van der Waals surface area contributed by atoms with E-state index in [1.54, 1.807) is 6.20 Å². The second kappa shape index (κ2) is 8.19. The van der Waals surface area contributed by atoms with Crippen LogP contribution in [0.4, 0.5) is 0 Å². The molecular formula is C14H24N2O2. The second-order valence-corrected chi connectivity index (χ2v) is 4.05. The molecule has 1 aromatic rings. The smallest absolute Gasteiger partial charge is 0.176 e. The Morgan fingerprint density at radius 1 is 1.22 bits per heavy atom. The molecule has 4 heteroatoms. The number of nitrogens with one attached hydrogen (secondary N) is 1. The number of ether oxygens (including phenoxy) is 2. The molecule has 0 amide bonds. The molecule has 0 saturated carbocycles. The van der Waals surface area contributed by atoms with Crippen molar-refractivity contribution >= 4 is 0 Å². The zero-order valence-electron chi connectivity index (χ0n) is 11.8. The maximum absolute atomic E-state index is 5.69. The molecule has 102 valence electrons. The van der Waals surface area contributed by atoms with Crippen molar-refractivity contribution in [2.24, 2.45) is 0 Å². The summed E-state index contributed by atoms with van der Waals surface area (Å²) in [6.07, 6.45) is 3.41. The molecular weight excluding hydrogens is 228 g/mol. The lowest BCUT2D eigenvalue weighted by atomic mass is 10.0. The predicted molar refractivity (Wildman–Crippen MR) is 72.4 cm³/mol. The standard InChI is InChI=1S/C14H24N2O2/c1-5-16-13(14(17-6-2)18-7-3)12-10-15-9-8-11(12)4/h8-10,13-14,16H,5-7H2,1-4H3. The molecule has 0 saturated heterocycles. The van der Waals surface area contributed by atoms with E-state index >= 15 is 0 Å². The highest BCUT2D eigenvalue weighted by molar-refractivity contribution is 5.25. The minimum absolute atomic E-state index is 0.0172. The highest BCUT2D eigenvalue weighted by Gasteiger charge is 2.24. The molecule has 18 heavy (non-hydrogen) atoms. The number of aryl methyl sites for hydroxylation is 1. The van der Waals surface area contributed by atoms with Crippen LogP contribution in [0.5, 0.6) is 0 Å². The Balaban J connectivity index is 2.95. The van der Waals surface area contributed by atoms with Crippen LogP contribution in [-0.4, -0.2) is 31.0 Å². The highest BCUT2D eigenvalue weighted by Crippen LogP contribution is 2.22. The molecule has 1 atom stereocenters. The maximum Gasteiger partial charge on any atom is 0.176 e. The molecule has 1 unspecified atom stereocenters. The van der Waals surface area contributed by atoms with E-state index in [0.29, 0.717) is 13.2 Å². The van der Waals surface area contributed by atoms with Crippen LogP contribution < -0.4 is 5.32 Å². The van der Waals surface area contributed by atoms with Gasteiger partial charge >= 0.3 is 0 Å².